The van der Waals surface area contributed by atoms with Gasteiger partial charge in [-0.15, -0.1) is 0 Å². The normalized spacial score (nSPS) is 19.9. The molecule has 2 fully saturated rings. The van der Waals surface area contributed by atoms with Crippen molar-refractivity contribution in [1.82, 2.24) is 4.90 Å². The molecule has 2 saturated heterocycles. The third-order valence-electron chi connectivity index (χ3n) is 7.02. The van der Waals surface area contributed by atoms with Crippen LogP contribution in [0.4, 0.5) is 20.2 Å². The lowest BCUT2D eigenvalue weighted by molar-refractivity contribution is -0.0651. The smallest absolute Gasteiger partial charge is 0.261 e. The first-order chi connectivity index (χ1) is 16.4. The number of carbonyl (C=O) groups is 2. The van der Waals surface area contributed by atoms with E-state index in [1.165, 1.54) is 12.1 Å². The highest BCUT2D eigenvalue weighted by Crippen LogP contribution is 2.34. The minimum atomic E-state index is -1.11. The van der Waals surface area contributed by atoms with Crippen LogP contribution in [-0.2, 0) is 4.74 Å². The fraction of sp³-hybridized carbons (Fsp3) is 0.440. The number of aliphatic hydroxyl groups is 1. The molecule has 0 aromatic heterocycles. The number of carbonyl (C=O) groups excluding carboxylic acids is 2. The summed E-state index contributed by atoms with van der Waals surface area (Å²) in [6.45, 7) is 2.46. The molecule has 0 radical (unpaired) electrons. The van der Waals surface area contributed by atoms with Crippen LogP contribution in [0.25, 0.3) is 0 Å². The zero-order chi connectivity index (χ0) is 23.8. The molecule has 0 spiro atoms. The maximum absolute atomic E-state index is 14.8. The van der Waals surface area contributed by atoms with Crippen molar-refractivity contribution in [2.45, 2.75) is 18.9 Å². The minimum absolute atomic E-state index is 0.0274. The minimum Gasteiger partial charge on any atom is -0.389 e. The molecule has 2 aromatic rings. The van der Waals surface area contributed by atoms with E-state index in [-0.39, 0.29) is 24.5 Å². The Hall–Kier alpha value is -3.04. The largest absolute Gasteiger partial charge is 0.389 e. The van der Waals surface area contributed by atoms with Crippen LogP contribution in [0.15, 0.2) is 36.4 Å². The summed E-state index contributed by atoms with van der Waals surface area (Å²) in [6.07, 6.45) is 0.663. The Balaban J connectivity index is 1.17. The molecule has 180 valence electrons. The zero-order valence-corrected chi connectivity index (χ0v) is 18.7. The Morgan fingerprint density at radius 2 is 1.59 bits per heavy atom. The summed E-state index contributed by atoms with van der Waals surface area (Å²) >= 11 is 0. The van der Waals surface area contributed by atoms with Gasteiger partial charge < -0.3 is 20.1 Å². The monoisotopic (exact) mass is 471 g/mol. The molecule has 0 bridgehead atoms. The standard InChI is InChI=1S/C25H27F2N3O4/c26-21-9-17(10-22(27)23(21)29-7-5-15(6-8-29)16-13-34-14-16)28-11-18(31)12-30-24(32)19-3-1-2-4-20(19)25(30)33/h1-4,9-10,15-16,18,28,31H,5-8,11-14H2/t18-/m1/s1. The lowest BCUT2D eigenvalue weighted by Crippen LogP contribution is -2.42. The molecular formula is C25H27F2N3O4. The van der Waals surface area contributed by atoms with Crippen LogP contribution in [0, 0.1) is 23.5 Å². The fourth-order valence-corrected chi connectivity index (χ4v) is 5.01. The van der Waals surface area contributed by atoms with Crippen molar-refractivity contribution in [1.29, 1.82) is 0 Å². The van der Waals surface area contributed by atoms with Crippen LogP contribution >= 0.6 is 0 Å². The van der Waals surface area contributed by atoms with Gasteiger partial charge in [-0.2, -0.15) is 0 Å². The van der Waals surface area contributed by atoms with Gasteiger partial charge in [-0.25, -0.2) is 8.78 Å². The van der Waals surface area contributed by atoms with E-state index < -0.39 is 29.6 Å². The summed E-state index contributed by atoms with van der Waals surface area (Å²) in [7, 11) is 0. The van der Waals surface area contributed by atoms with Crippen molar-refractivity contribution in [3.05, 3.63) is 59.2 Å². The molecule has 3 heterocycles. The Morgan fingerprint density at radius 3 is 2.12 bits per heavy atom. The van der Waals surface area contributed by atoms with Gasteiger partial charge in [-0.05, 0) is 43.0 Å². The van der Waals surface area contributed by atoms with Crippen LogP contribution < -0.4 is 10.2 Å². The molecular weight excluding hydrogens is 444 g/mol. The number of ether oxygens (including phenoxy) is 1. The molecule has 0 saturated carbocycles. The molecule has 7 nitrogen and oxygen atoms in total. The van der Waals surface area contributed by atoms with Gasteiger partial charge in [0.2, 0.25) is 0 Å². The van der Waals surface area contributed by atoms with Crippen LogP contribution in [0.3, 0.4) is 0 Å². The summed E-state index contributed by atoms with van der Waals surface area (Å²) < 4.78 is 34.9. The number of amides is 2. The molecule has 34 heavy (non-hydrogen) atoms. The first-order valence-electron chi connectivity index (χ1n) is 11.6. The van der Waals surface area contributed by atoms with Gasteiger partial charge in [-0.3, -0.25) is 14.5 Å². The van der Waals surface area contributed by atoms with Gasteiger partial charge in [0.1, 0.15) is 5.69 Å². The number of nitrogens with zero attached hydrogens (tertiary/aromatic N) is 2. The number of halogens is 2. The molecule has 2 aromatic carbocycles. The van der Waals surface area contributed by atoms with Crippen LogP contribution in [0.1, 0.15) is 33.6 Å². The predicted molar refractivity (Wildman–Crippen MR) is 122 cm³/mol. The molecule has 0 unspecified atom stereocenters. The number of aliphatic hydroxyl groups excluding tert-OH is 1. The van der Waals surface area contributed by atoms with E-state index >= 15 is 0 Å². The van der Waals surface area contributed by atoms with Crippen molar-refractivity contribution in [2.75, 3.05) is 49.6 Å². The van der Waals surface area contributed by atoms with Crippen molar-refractivity contribution in [2.24, 2.45) is 11.8 Å². The van der Waals surface area contributed by atoms with Gasteiger partial charge >= 0.3 is 0 Å². The number of anilines is 2. The van der Waals surface area contributed by atoms with Crippen LogP contribution in [0.5, 0.6) is 0 Å². The number of rotatable bonds is 7. The average molecular weight is 472 g/mol. The van der Waals surface area contributed by atoms with Crippen LogP contribution in [0.2, 0.25) is 0 Å². The van der Waals surface area contributed by atoms with Crippen molar-refractivity contribution < 1.29 is 28.2 Å². The molecule has 3 aliphatic heterocycles. The maximum atomic E-state index is 14.8. The van der Waals surface area contributed by atoms with Crippen molar-refractivity contribution in [3.63, 3.8) is 0 Å². The lowest BCUT2D eigenvalue weighted by Gasteiger charge is -2.40. The lowest BCUT2D eigenvalue weighted by atomic mass is 9.83. The molecule has 3 aliphatic rings. The van der Waals surface area contributed by atoms with E-state index in [9.17, 15) is 23.5 Å². The highest BCUT2D eigenvalue weighted by Gasteiger charge is 2.36. The van der Waals surface area contributed by atoms with E-state index in [4.69, 9.17) is 4.74 Å². The van der Waals surface area contributed by atoms with E-state index in [0.717, 1.165) is 31.0 Å². The van der Waals surface area contributed by atoms with E-state index in [2.05, 4.69) is 5.32 Å². The average Bonchev–Trinajstić information content (AvgIpc) is 3.02. The van der Waals surface area contributed by atoms with E-state index in [1.807, 2.05) is 0 Å². The summed E-state index contributed by atoms with van der Waals surface area (Å²) in [6, 6.07) is 8.89. The summed E-state index contributed by atoms with van der Waals surface area (Å²) in [5, 5.41) is 13.2. The number of nitrogens with one attached hydrogen (secondary N) is 1. The summed E-state index contributed by atoms with van der Waals surface area (Å²) in [4.78, 5) is 27.6. The number of hydrogen-bond acceptors (Lipinski definition) is 6. The van der Waals surface area contributed by atoms with Gasteiger partial charge in [0.25, 0.3) is 11.8 Å². The number of benzene rings is 2. The van der Waals surface area contributed by atoms with E-state index in [1.54, 1.807) is 29.2 Å². The van der Waals surface area contributed by atoms with Gasteiger partial charge in [-0.1, -0.05) is 12.1 Å². The Kier molecular flexibility index (Phi) is 6.22. The van der Waals surface area contributed by atoms with Gasteiger partial charge in [0, 0.05) is 31.2 Å². The highest BCUT2D eigenvalue weighted by molar-refractivity contribution is 6.21. The highest BCUT2D eigenvalue weighted by atomic mass is 19.1. The third kappa shape index (κ3) is 4.25. The molecule has 2 N–H and O–H groups in total. The number of β-amino-alcohol motifs (C(OH)–C–C–N with tert-alkyl or cyclic N) is 1. The molecule has 9 heteroatoms. The maximum Gasteiger partial charge on any atom is 0.261 e. The SMILES string of the molecule is O=C1c2ccccc2C(=O)N1C[C@H](O)CNc1cc(F)c(N2CCC(C3COC3)CC2)c(F)c1. The first-order valence-corrected chi connectivity index (χ1v) is 11.6. The summed E-state index contributed by atoms with van der Waals surface area (Å²) in [5.74, 6) is -1.15. The Morgan fingerprint density at radius 1 is 1.00 bits per heavy atom. The number of hydrogen-bond donors (Lipinski definition) is 2. The van der Waals surface area contributed by atoms with Crippen molar-refractivity contribution in [3.8, 4) is 0 Å². The second-order valence-corrected chi connectivity index (χ2v) is 9.21. The van der Waals surface area contributed by atoms with E-state index in [0.29, 0.717) is 36.1 Å². The first kappa shape index (κ1) is 22.7. The zero-order valence-electron chi connectivity index (χ0n) is 18.7. The second kappa shape index (κ2) is 9.31. The Labute approximate surface area is 196 Å². The molecule has 0 aliphatic carbocycles. The molecule has 1 atom stereocenters. The molecule has 2 amide bonds. The van der Waals surface area contributed by atoms with Gasteiger partial charge in [0.05, 0.1) is 37.0 Å². The fourth-order valence-electron chi connectivity index (χ4n) is 5.01. The molecule has 5 rings (SSSR count). The quantitative estimate of drug-likeness (QED) is 0.605. The number of imide groups is 1. The summed E-state index contributed by atoms with van der Waals surface area (Å²) in [5.41, 5.74) is 0.761. The third-order valence-corrected chi connectivity index (χ3v) is 7.02. The second-order valence-electron chi connectivity index (χ2n) is 9.21. The Bertz CT molecular complexity index is 1040. The predicted octanol–water partition coefficient (Wildman–Crippen LogP) is 2.90. The number of piperidine rings is 1. The number of fused-ring (bicyclic) bond motifs is 1. The topological polar surface area (TPSA) is 82.1 Å². The van der Waals surface area contributed by atoms with Crippen molar-refractivity contribution >= 4 is 23.2 Å². The van der Waals surface area contributed by atoms with Crippen LogP contribution in [-0.4, -0.2) is 67.3 Å². The van der Waals surface area contributed by atoms with Gasteiger partial charge in [0.15, 0.2) is 11.6 Å².